The van der Waals surface area contributed by atoms with Crippen LogP contribution in [0.15, 0.2) is 0 Å². The summed E-state index contributed by atoms with van der Waals surface area (Å²) in [4.78, 5) is 2.52. The van der Waals surface area contributed by atoms with Crippen molar-refractivity contribution in [3.8, 4) is 0 Å². The van der Waals surface area contributed by atoms with Gasteiger partial charge in [0.25, 0.3) is 0 Å². The highest BCUT2D eigenvalue weighted by Gasteiger charge is 2.00. The molecule has 1 N–H and O–H groups in total. The van der Waals surface area contributed by atoms with Crippen molar-refractivity contribution in [2.75, 3.05) is 45.2 Å². The van der Waals surface area contributed by atoms with Crippen LogP contribution in [-0.4, -0.2) is 50.1 Å². The lowest BCUT2D eigenvalue weighted by Crippen LogP contribution is -2.33. The molecule has 0 radical (unpaired) electrons. The van der Waals surface area contributed by atoms with Crippen molar-refractivity contribution < 1.29 is 0 Å². The summed E-state index contributed by atoms with van der Waals surface area (Å²) in [5, 5.41) is 3.18. The molecule has 0 rings (SSSR count). The van der Waals surface area contributed by atoms with Gasteiger partial charge in [-0.25, -0.2) is 0 Å². The predicted molar refractivity (Wildman–Crippen MR) is 59.0 cm³/mol. The second-order valence-corrected chi connectivity index (χ2v) is 3.92. The zero-order valence-corrected chi connectivity index (χ0v) is 9.41. The van der Waals surface area contributed by atoms with E-state index in [4.69, 9.17) is 0 Å². The molecule has 0 bridgehead atoms. The molecule has 0 aromatic heterocycles. The first-order valence-electron chi connectivity index (χ1n) is 4.71. The van der Waals surface area contributed by atoms with Gasteiger partial charge in [-0.3, -0.25) is 0 Å². The van der Waals surface area contributed by atoms with Crippen molar-refractivity contribution in [3.05, 3.63) is 0 Å². The largest absolute Gasteiger partial charge is 0.318 e. The topological polar surface area (TPSA) is 15.3 Å². The van der Waals surface area contributed by atoms with Gasteiger partial charge in [0.15, 0.2) is 0 Å². The quantitative estimate of drug-likeness (QED) is 0.621. The average Bonchev–Trinajstić information content (AvgIpc) is 2.10. The molecule has 0 aliphatic rings. The minimum Gasteiger partial charge on any atom is -0.318 e. The lowest BCUT2D eigenvalue weighted by atomic mass is 10.4. The third-order valence-electron chi connectivity index (χ3n) is 1.83. The van der Waals surface area contributed by atoms with Crippen LogP contribution in [0.1, 0.15) is 13.3 Å². The molecule has 0 aromatic rings. The highest BCUT2D eigenvalue weighted by Crippen LogP contribution is 1.96. The van der Waals surface area contributed by atoms with E-state index in [0.29, 0.717) is 0 Å². The van der Waals surface area contributed by atoms with Crippen LogP contribution >= 0.6 is 11.8 Å². The molecule has 0 saturated carbocycles. The van der Waals surface area contributed by atoms with E-state index in [9.17, 15) is 0 Å². The van der Waals surface area contributed by atoms with Crippen molar-refractivity contribution >= 4 is 11.8 Å². The summed E-state index contributed by atoms with van der Waals surface area (Å²) in [6, 6.07) is 0. The summed E-state index contributed by atoms with van der Waals surface area (Å²) in [5.74, 6) is 1.25. The molecule has 0 unspecified atom stereocenters. The lowest BCUT2D eigenvalue weighted by molar-refractivity contribution is 0.293. The first-order valence-corrected chi connectivity index (χ1v) is 6.10. The van der Waals surface area contributed by atoms with Gasteiger partial charge in [0.05, 0.1) is 0 Å². The summed E-state index contributed by atoms with van der Waals surface area (Å²) < 4.78 is 0. The van der Waals surface area contributed by atoms with E-state index in [0.717, 1.165) is 6.54 Å². The zero-order valence-electron chi connectivity index (χ0n) is 8.60. The monoisotopic (exact) mass is 190 g/mol. The molecule has 0 aromatic carbocycles. The zero-order chi connectivity index (χ0) is 9.23. The fraction of sp³-hybridized carbons (Fsp3) is 1.00. The van der Waals surface area contributed by atoms with Crippen LogP contribution < -0.4 is 5.32 Å². The van der Waals surface area contributed by atoms with E-state index in [1.54, 1.807) is 0 Å². The first-order chi connectivity index (χ1) is 5.85. The molecule has 0 aliphatic carbocycles. The normalized spacial score (nSPS) is 11.0. The van der Waals surface area contributed by atoms with Crippen LogP contribution in [0, 0.1) is 0 Å². The smallest absolute Gasteiger partial charge is 0.0107 e. The van der Waals surface area contributed by atoms with Crippen LogP contribution in [0.25, 0.3) is 0 Å². The van der Waals surface area contributed by atoms with E-state index in [1.807, 2.05) is 18.8 Å². The van der Waals surface area contributed by atoms with E-state index in [-0.39, 0.29) is 0 Å². The van der Waals surface area contributed by atoms with Crippen molar-refractivity contribution in [2.45, 2.75) is 13.3 Å². The molecule has 0 amide bonds. The van der Waals surface area contributed by atoms with E-state index >= 15 is 0 Å². The number of likely N-dealkylation sites (N-methyl/N-ethyl adjacent to an activating group) is 1. The Hall–Kier alpha value is 0.270. The van der Waals surface area contributed by atoms with Gasteiger partial charge >= 0.3 is 0 Å². The molecular formula is C9H22N2S. The Labute approximate surface area is 81.1 Å². The van der Waals surface area contributed by atoms with Crippen LogP contribution in [0.3, 0.4) is 0 Å². The molecule has 0 aliphatic heterocycles. The number of nitrogens with one attached hydrogen (secondary N) is 1. The fourth-order valence-electron chi connectivity index (χ4n) is 1.14. The number of rotatable bonds is 8. The van der Waals surface area contributed by atoms with Gasteiger partial charge in [0, 0.05) is 25.4 Å². The predicted octanol–water partition coefficient (Wildman–Crippen LogP) is 1.28. The van der Waals surface area contributed by atoms with Crippen LogP contribution in [0.2, 0.25) is 0 Å². The van der Waals surface area contributed by atoms with Gasteiger partial charge in [0.2, 0.25) is 0 Å². The second-order valence-electron chi connectivity index (χ2n) is 2.94. The third-order valence-corrected chi connectivity index (χ3v) is 2.42. The van der Waals surface area contributed by atoms with Gasteiger partial charge in [-0.15, -0.1) is 0 Å². The minimum atomic E-state index is 1.11. The van der Waals surface area contributed by atoms with Crippen LogP contribution in [0.5, 0.6) is 0 Å². The number of nitrogens with zero attached hydrogens (tertiary/aromatic N) is 1. The molecule has 2 nitrogen and oxygen atoms in total. The molecule has 0 heterocycles. The van der Waals surface area contributed by atoms with Crippen molar-refractivity contribution in [1.82, 2.24) is 10.2 Å². The number of thioether (sulfide) groups is 1. The summed E-state index contributed by atoms with van der Waals surface area (Å²) in [5.41, 5.74) is 0. The second kappa shape index (κ2) is 9.36. The summed E-state index contributed by atoms with van der Waals surface area (Å²) >= 11 is 1.93. The fourth-order valence-corrected chi connectivity index (χ4v) is 1.58. The molecule has 74 valence electrons. The molecule has 3 heteroatoms. The Morgan fingerprint density at radius 1 is 1.25 bits per heavy atom. The molecule has 0 fully saturated rings. The SMILES string of the molecule is CCCN(CCNC)CCSC. The Morgan fingerprint density at radius 2 is 2.00 bits per heavy atom. The standard InChI is InChI=1S/C9H22N2S/c1-4-6-11(7-5-10-2)8-9-12-3/h10H,4-9H2,1-3H3. The molecular weight excluding hydrogens is 168 g/mol. The third kappa shape index (κ3) is 6.95. The van der Waals surface area contributed by atoms with Gasteiger partial charge in [-0.1, -0.05) is 6.92 Å². The van der Waals surface area contributed by atoms with Gasteiger partial charge in [-0.2, -0.15) is 11.8 Å². The Bertz CT molecular complexity index is 80.6. The maximum absolute atomic E-state index is 3.18. The van der Waals surface area contributed by atoms with Crippen LogP contribution in [-0.2, 0) is 0 Å². The van der Waals surface area contributed by atoms with E-state index in [1.165, 1.54) is 31.8 Å². The molecule has 0 saturated heterocycles. The van der Waals surface area contributed by atoms with Crippen molar-refractivity contribution in [3.63, 3.8) is 0 Å². The first kappa shape index (κ1) is 12.3. The highest BCUT2D eigenvalue weighted by atomic mass is 32.2. The van der Waals surface area contributed by atoms with Gasteiger partial charge in [-0.05, 0) is 26.3 Å². The maximum atomic E-state index is 3.18. The van der Waals surface area contributed by atoms with Crippen molar-refractivity contribution in [2.24, 2.45) is 0 Å². The Balaban J connectivity index is 3.40. The minimum absolute atomic E-state index is 1.11. The van der Waals surface area contributed by atoms with E-state index in [2.05, 4.69) is 23.4 Å². The Kier molecular flexibility index (Phi) is 9.57. The average molecular weight is 190 g/mol. The van der Waals surface area contributed by atoms with E-state index < -0.39 is 0 Å². The Morgan fingerprint density at radius 3 is 2.50 bits per heavy atom. The molecule has 0 spiro atoms. The number of hydrogen-bond donors (Lipinski definition) is 1. The molecule has 12 heavy (non-hydrogen) atoms. The maximum Gasteiger partial charge on any atom is 0.0107 e. The summed E-state index contributed by atoms with van der Waals surface area (Å²) in [6.45, 7) is 7.00. The lowest BCUT2D eigenvalue weighted by Gasteiger charge is -2.20. The van der Waals surface area contributed by atoms with Crippen molar-refractivity contribution in [1.29, 1.82) is 0 Å². The summed E-state index contributed by atoms with van der Waals surface area (Å²) in [6.07, 6.45) is 3.43. The van der Waals surface area contributed by atoms with Gasteiger partial charge < -0.3 is 10.2 Å². The van der Waals surface area contributed by atoms with Gasteiger partial charge in [0.1, 0.15) is 0 Å². The summed E-state index contributed by atoms with van der Waals surface area (Å²) in [7, 11) is 2.01. The molecule has 0 atom stereocenters. The number of hydrogen-bond acceptors (Lipinski definition) is 3. The van der Waals surface area contributed by atoms with Crippen LogP contribution in [0.4, 0.5) is 0 Å². The highest BCUT2D eigenvalue weighted by molar-refractivity contribution is 7.98.